The summed E-state index contributed by atoms with van der Waals surface area (Å²) >= 11 is 0. The van der Waals surface area contributed by atoms with Gasteiger partial charge in [-0.3, -0.25) is 0 Å². The smallest absolute Gasteiger partial charge is 0.311 e. The largest absolute Gasteiger partial charge is 0.436 e. The molecular formula is C31H68O9Si3. The van der Waals surface area contributed by atoms with Crippen LogP contribution in [0.25, 0.3) is 0 Å². The van der Waals surface area contributed by atoms with Gasteiger partial charge < -0.3 is 41.4 Å². The summed E-state index contributed by atoms with van der Waals surface area (Å²) in [5.74, 6) is 1.07. The van der Waals surface area contributed by atoms with Gasteiger partial charge >= 0.3 is 8.56 Å². The number of hydrogen-bond donors (Lipinski definition) is 0. The minimum atomic E-state index is -2.22. The average Bonchev–Trinajstić information content (AvgIpc) is 2.86. The van der Waals surface area contributed by atoms with Gasteiger partial charge in [-0.1, -0.05) is 39.3 Å². The monoisotopic (exact) mass is 668 g/mol. The van der Waals surface area contributed by atoms with E-state index < -0.39 is 25.2 Å². The van der Waals surface area contributed by atoms with E-state index >= 15 is 0 Å². The third-order valence-corrected chi connectivity index (χ3v) is 18.4. The Morgan fingerprint density at radius 2 is 1.07 bits per heavy atom. The molecule has 0 N–H and O–H groups in total. The van der Waals surface area contributed by atoms with Gasteiger partial charge in [0.15, 0.2) is 16.6 Å². The molecule has 0 aromatic heterocycles. The molecule has 0 aliphatic rings. The molecule has 0 aromatic rings. The second-order valence-electron chi connectivity index (χ2n) is 13.7. The van der Waals surface area contributed by atoms with E-state index in [1.807, 2.05) is 6.92 Å². The quantitative estimate of drug-likeness (QED) is 0.0504. The van der Waals surface area contributed by atoms with Crippen LogP contribution in [0.2, 0.25) is 51.4 Å². The third-order valence-electron chi connectivity index (χ3n) is 6.66. The van der Waals surface area contributed by atoms with E-state index in [-0.39, 0.29) is 12.2 Å². The van der Waals surface area contributed by atoms with Crippen LogP contribution < -0.4 is 0 Å². The molecule has 43 heavy (non-hydrogen) atoms. The lowest BCUT2D eigenvalue weighted by molar-refractivity contribution is -0.0721. The van der Waals surface area contributed by atoms with Crippen molar-refractivity contribution in [2.75, 3.05) is 80.3 Å². The van der Waals surface area contributed by atoms with Crippen molar-refractivity contribution in [2.24, 2.45) is 11.8 Å². The van der Waals surface area contributed by atoms with Gasteiger partial charge in [0.1, 0.15) is 12.2 Å². The minimum Gasteiger partial charge on any atom is -0.436 e. The second-order valence-corrected chi connectivity index (χ2v) is 26.0. The van der Waals surface area contributed by atoms with Gasteiger partial charge in [0.2, 0.25) is 0 Å². The second kappa shape index (κ2) is 23.4. The van der Waals surface area contributed by atoms with Crippen LogP contribution in [-0.4, -0.2) is 118 Å². The lowest BCUT2D eigenvalue weighted by Gasteiger charge is -2.40. The van der Waals surface area contributed by atoms with E-state index in [4.69, 9.17) is 41.4 Å². The summed E-state index contributed by atoms with van der Waals surface area (Å²) in [6.45, 7) is 31.3. The highest BCUT2D eigenvalue weighted by atomic mass is 28.5. The zero-order valence-corrected chi connectivity index (χ0v) is 32.9. The van der Waals surface area contributed by atoms with Crippen LogP contribution in [0.1, 0.15) is 34.1 Å². The molecule has 4 unspecified atom stereocenters. The standard InChI is InChI=1S/C31H68O9Si3/c1-14-28(4)25-41(8,9)39-43(12,13)40-42(10,11)26-29(5)20-38-31(22-33-7)24-36-18-16-34-15-17-35-23-30(21-32-6)37-19-27(2)3/h28-31H,2,14-26H2,1,3-13H3. The molecule has 0 aliphatic heterocycles. The summed E-state index contributed by atoms with van der Waals surface area (Å²) in [7, 11) is -2.58. The van der Waals surface area contributed by atoms with Crippen LogP contribution in [0.4, 0.5) is 0 Å². The molecule has 0 saturated carbocycles. The zero-order valence-electron chi connectivity index (χ0n) is 29.9. The van der Waals surface area contributed by atoms with Gasteiger partial charge in [0, 0.05) is 20.8 Å². The van der Waals surface area contributed by atoms with Crippen molar-refractivity contribution in [3.63, 3.8) is 0 Å². The van der Waals surface area contributed by atoms with Crippen molar-refractivity contribution in [3.05, 3.63) is 12.2 Å². The van der Waals surface area contributed by atoms with Crippen LogP contribution in [0.3, 0.4) is 0 Å². The molecule has 0 heterocycles. The fraction of sp³-hybridized carbons (Fsp3) is 0.935. The number of ether oxygens (including phenoxy) is 7. The number of methoxy groups -OCH3 is 2. The summed E-state index contributed by atoms with van der Waals surface area (Å²) in [5.41, 5.74) is 0.970. The fourth-order valence-electron chi connectivity index (χ4n) is 5.30. The van der Waals surface area contributed by atoms with E-state index in [2.05, 4.69) is 66.6 Å². The predicted molar refractivity (Wildman–Crippen MR) is 183 cm³/mol. The highest BCUT2D eigenvalue weighted by Gasteiger charge is 2.40. The molecule has 0 spiro atoms. The van der Waals surface area contributed by atoms with Gasteiger partial charge in [0.25, 0.3) is 0 Å². The Labute approximate surface area is 268 Å². The molecule has 258 valence electrons. The molecule has 0 radical (unpaired) electrons. The van der Waals surface area contributed by atoms with E-state index in [1.54, 1.807) is 14.2 Å². The Morgan fingerprint density at radius 3 is 1.51 bits per heavy atom. The molecule has 9 nitrogen and oxygen atoms in total. The summed E-state index contributed by atoms with van der Waals surface area (Å²) < 4.78 is 53.2. The van der Waals surface area contributed by atoms with Crippen LogP contribution in [0.15, 0.2) is 12.2 Å². The Hall–Kier alpha value is 0.0306. The van der Waals surface area contributed by atoms with Crippen molar-refractivity contribution in [2.45, 2.75) is 97.7 Å². The first-order valence-electron chi connectivity index (χ1n) is 16.0. The minimum absolute atomic E-state index is 0.118. The first-order valence-corrected chi connectivity index (χ1v) is 25.1. The van der Waals surface area contributed by atoms with Crippen LogP contribution in [-0.2, 0) is 41.4 Å². The van der Waals surface area contributed by atoms with Gasteiger partial charge in [-0.2, -0.15) is 0 Å². The van der Waals surface area contributed by atoms with Crippen molar-refractivity contribution >= 4 is 25.2 Å². The van der Waals surface area contributed by atoms with Crippen molar-refractivity contribution in [1.82, 2.24) is 0 Å². The molecular weight excluding hydrogens is 601 g/mol. The average molecular weight is 669 g/mol. The number of rotatable bonds is 29. The van der Waals surface area contributed by atoms with Gasteiger partial charge in [0.05, 0.1) is 59.5 Å². The molecule has 0 rings (SSSR count). The fourth-order valence-corrected chi connectivity index (χ4v) is 20.9. The van der Waals surface area contributed by atoms with Crippen molar-refractivity contribution < 1.29 is 41.4 Å². The Bertz CT molecular complexity index is 710. The molecule has 0 saturated heterocycles. The molecule has 0 aliphatic carbocycles. The van der Waals surface area contributed by atoms with E-state index in [1.165, 1.54) is 12.5 Å². The topological polar surface area (TPSA) is 83.1 Å². The van der Waals surface area contributed by atoms with E-state index in [9.17, 15) is 0 Å². The highest BCUT2D eigenvalue weighted by molar-refractivity contribution is 6.87. The summed E-state index contributed by atoms with van der Waals surface area (Å²) in [5, 5.41) is 0. The maximum atomic E-state index is 6.82. The highest BCUT2D eigenvalue weighted by Crippen LogP contribution is 2.29. The van der Waals surface area contributed by atoms with E-state index in [0.717, 1.165) is 11.6 Å². The maximum Gasteiger partial charge on any atom is 0.311 e. The SMILES string of the molecule is C=C(C)COC(COC)COCCOCCOCC(COC)OCC(C)C[Si](C)(C)O[Si](C)(C)O[Si](C)(C)CC(C)CC. The molecule has 0 aromatic carbocycles. The number of hydrogen-bond acceptors (Lipinski definition) is 9. The third kappa shape index (κ3) is 24.9. The van der Waals surface area contributed by atoms with Crippen LogP contribution in [0, 0.1) is 11.8 Å². The summed E-state index contributed by atoms with van der Waals surface area (Å²) in [6.07, 6.45) is 0.954. The Kier molecular flexibility index (Phi) is 23.4. The molecule has 0 fully saturated rings. The van der Waals surface area contributed by atoms with Gasteiger partial charge in [-0.25, -0.2) is 0 Å². The Balaban J connectivity index is 4.34. The summed E-state index contributed by atoms with van der Waals surface area (Å²) in [4.78, 5) is 0. The lowest BCUT2D eigenvalue weighted by Crippen LogP contribution is -2.53. The zero-order chi connectivity index (χ0) is 32.9. The lowest BCUT2D eigenvalue weighted by atomic mass is 10.2. The molecule has 4 atom stereocenters. The summed E-state index contributed by atoms with van der Waals surface area (Å²) in [6, 6.07) is 2.20. The van der Waals surface area contributed by atoms with Gasteiger partial charge in [-0.15, -0.1) is 0 Å². The first-order chi connectivity index (χ1) is 20.0. The van der Waals surface area contributed by atoms with Crippen LogP contribution >= 0.6 is 0 Å². The molecule has 0 bridgehead atoms. The first kappa shape index (κ1) is 43.0. The maximum absolute atomic E-state index is 6.82. The van der Waals surface area contributed by atoms with E-state index in [0.29, 0.717) is 77.9 Å². The molecule has 0 amide bonds. The van der Waals surface area contributed by atoms with Gasteiger partial charge in [-0.05, 0) is 70.1 Å². The normalized spacial score (nSPS) is 15.8. The molecule has 12 heteroatoms. The predicted octanol–water partition coefficient (Wildman–Crippen LogP) is 6.50. The van der Waals surface area contributed by atoms with Crippen molar-refractivity contribution in [3.8, 4) is 0 Å². The van der Waals surface area contributed by atoms with Crippen LogP contribution in [0.5, 0.6) is 0 Å². The Morgan fingerprint density at radius 1 is 0.628 bits per heavy atom. The van der Waals surface area contributed by atoms with Crippen molar-refractivity contribution in [1.29, 1.82) is 0 Å².